The number of nitrogens with one attached hydrogen (secondary N) is 1. The van der Waals surface area contributed by atoms with E-state index >= 15 is 0 Å². The van der Waals surface area contributed by atoms with E-state index in [-0.39, 0.29) is 12.5 Å². The minimum atomic E-state index is -0.592. The summed E-state index contributed by atoms with van der Waals surface area (Å²) in [6, 6.07) is 14.7. The van der Waals surface area contributed by atoms with E-state index in [2.05, 4.69) is 5.32 Å². The zero-order chi connectivity index (χ0) is 19.5. The average molecular weight is 389 g/mol. The van der Waals surface area contributed by atoms with Crippen molar-refractivity contribution in [3.05, 3.63) is 54.1 Å². The smallest absolute Gasteiger partial charge is 0.338 e. The Morgan fingerprint density at radius 3 is 2.56 bits per heavy atom. The van der Waals surface area contributed by atoms with Crippen LogP contribution in [0.5, 0.6) is 11.5 Å². The Hall–Kier alpha value is -2.67. The van der Waals surface area contributed by atoms with Gasteiger partial charge in [-0.2, -0.15) is 0 Å². The number of amides is 1. The minimum absolute atomic E-state index is 0.294. The molecule has 2 aromatic carbocycles. The molecule has 0 heterocycles. The van der Waals surface area contributed by atoms with Crippen LogP contribution in [0.25, 0.3) is 0 Å². The van der Waals surface area contributed by atoms with Crippen LogP contribution >= 0.6 is 11.8 Å². The lowest BCUT2D eigenvalue weighted by atomic mass is 10.2. The van der Waals surface area contributed by atoms with Gasteiger partial charge in [-0.05, 0) is 37.3 Å². The van der Waals surface area contributed by atoms with Crippen LogP contribution in [-0.4, -0.2) is 44.5 Å². The van der Waals surface area contributed by atoms with E-state index in [1.54, 1.807) is 23.9 Å². The highest BCUT2D eigenvalue weighted by Crippen LogP contribution is 2.28. The van der Waals surface area contributed by atoms with E-state index in [0.717, 1.165) is 10.6 Å². The normalized spacial score (nSPS) is 10.1. The number of rotatable bonds is 10. The third-order valence-corrected chi connectivity index (χ3v) is 4.48. The van der Waals surface area contributed by atoms with E-state index in [4.69, 9.17) is 14.2 Å². The van der Waals surface area contributed by atoms with Crippen molar-refractivity contribution in [2.24, 2.45) is 0 Å². The largest absolute Gasteiger partial charge is 0.493 e. The van der Waals surface area contributed by atoms with Crippen molar-refractivity contribution in [1.29, 1.82) is 0 Å². The number of carbonyl (C=O) groups is 2. The van der Waals surface area contributed by atoms with Gasteiger partial charge < -0.3 is 19.5 Å². The average Bonchev–Trinajstić information content (AvgIpc) is 2.70. The number of hydrogen-bond acceptors (Lipinski definition) is 6. The summed E-state index contributed by atoms with van der Waals surface area (Å²) in [5, 5.41) is 2.73. The van der Waals surface area contributed by atoms with Gasteiger partial charge in [0, 0.05) is 17.2 Å². The molecule has 0 aliphatic rings. The van der Waals surface area contributed by atoms with Crippen LogP contribution in [0.2, 0.25) is 0 Å². The first-order valence-corrected chi connectivity index (χ1v) is 9.55. The zero-order valence-corrected chi connectivity index (χ0v) is 16.2. The number of carbonyl (C=O) groups excluding carboxylic acids is 2. The first-order valence-electron chi connectivity index (χ1n) is 8.56. The molecule has 0 atom stereocenters. The van der Waals surface area contributed by atoms with Crippen molar-refractivity contribution in [1.82, 2.24) is 5.32 Å². The number of thioether (sulfide) groups is 1. The molecular weight excluding hydrogens is 366 g/mol. The lowest BCUT2D eigenvalue weighted by Gasteiger charge is -2.11. The molecule has 2 aromatic rings. The maximum absolute atomic E-state index is 12.1. The first-order chi connectivity index (χ1) is 13.1. The summed E-state index contributed by atoms with van der Waals surface area (Å²) in [6.07, 6.45) is 0. The maximum atomic E-state index is 12.1. The van der Waals surface area contributed by atoms with Crippen LogP contribution in [-0.2, 0) is 9.53 Å². The first kappa shape index (κ1) is 20.6. The Bertz CT molecular complexity index is 751. The van der Waals surface area contributed by atoms with Crippen molar-refractivity contribution >= 4 is 23.6 Å². The highest BCUT2D eigenvalue weighted by Gasteiger charge is 2.13. The van der Waals surface area contributed by atoms with Gasteiger partial charge in [-0.25, -0.2) is 4.79 Å². The predicted molar refractivity (Wildman–Crippen MR) is 105 cm³/mol. The van der Waals surface area contributed by atoms with Gasteiger partial charge in [-0.15, -0.1) is 11.8 Å². The molecule has 6 nitrogen and oxygen atoms in total. The topological polar surface area (TPSA) is 73.9 Å². The van der Waals surface area contributed by atoms with Gasteiger partial charge in [0.15, 0.2) is 18.1 Å². The van der Waals surface area contributed by atoms with Gasteiger partial charge >= 0.3 is 5.97 Å². The Labute approximate surface area is 163 Å². The number of hydrogen-bond donors (Lipinski definition) is 1. The van der Waals surface area contributed by atoms with Gasteiger partial charge in [0.1, 0.15) is 0 Å². The van der Waals surface area contributed by atoms with Crippen molar-refractivity contribution < 1.29 is 23.8 Å². The Balaban J connectivity index is 1.73. The summed E-state index contributed by atoms with van der Waals surface area (Å²) in [7, 11) is 1.49. The standard InChI is InChI=1S/C20H23NO5S/c1-3-25-17-10-9-15(13-18(17)24-2)20(23)26-14-19(22)21-11-12-27-16-7-5-4-6-8-16/h4-10,13H,3,11-12,14H2,1-2H3,(H,21,22). The molecule has 1 amide bonds. The number of esters is 1. The molecule has 7 heteroatoms. The molecule has 2 rings (SSSR count). The van der Waals surface area contributed by atoms with Gasteiger partial charge in [0.25, 0.3) is 5.91 Å². The van der Waals surface area contributed by atoms with E-state index in [1.807, 2.05) is 37.3 Å². The summed E-state index contributed by atoms with van der Waals surface area (Å²) in [5.41, 5.74) is 0.294. The van der Waals surface area contributed by atoms with Crippen molar-refractivity contribution in [2.45, 2.75) is 11.8 Å². The molecule has 0 saturated heterocycles. The molecule has 27 heavy (non-hydrogen) atoms. The van der Waals surface area contributed by atoms with Gasteiger partial charge in [0.2, 0.25) is 0 Å². The summed E-state index contributed by atoms with van der Waals surface area (Å²) in [5.74, 6) is 0.791. The predicted octanol–water partition coefficient (Wildman–Crippen LogP) is 3.16. The Kier molecular flexibility index (Phi) is 8.51. The van der Waals surface area contributed by atoms with Crippen molar-refractivity contribution in [2.75, 3.05) is 32.6 Å². The highest BCUT2D eigenvalue weighted by atomic mass is 32.2. The van der Waals surface area contributed by atoms with Crippen LogP contribution in [0.3, 0.4) is 0 Å². The summed E-state index contributed by atoms with van der Waals surface area (Å²) >= 11 is 1.64. The van der Waals surface area contributed by atoms with Gasteiger partial charge in [0.05, 0.1) is 19.3 Å². The fourth-order valence-electron chi connectivity index (χ4n) is 2.21. The van der Waals surface area contributed by atoms with Crippen LogP contribution in [0.15, 0.2) is 53.4 Å². The molecule has 0 aliphatic heterocycles. The van der Waals surface area contributed by atoms with Crippen molar-refractivity contribution in [3.63, 3.8) is 0 Å². The fraction of sp³-hybridized carbons (Fsp3) is 0.300. The summed E-state index contributed by atoms with van der Waals surface area (Å²) in [4.78, 5) is 25.1. The lowest BCUT2D eigenvalue weighted by molar-refractivity contribution is -0.124. The monoisotopic (exact) mass is 389 g/mol. The molecular formula is C20H23NO5S. The van der Waals surface area contributed by atoms with E-state index in [9.17, 15) is 9.59 Å². The lowest BCUT2D eigenvalue weighted by Crippen LogP contribution is -2.30. The molecule has 0 saturated carbocycles. The number of ether oxygens (including phenoxy) is 3. The minimum Gasteiger partial charge on any atom is -0.493 e. The second kappa shape index (κ2) is 11.1. The quantitative estimate of drug-likeness (QED) is 0.382. The van der Waals surface area contributed by atoms with E-state index in [1.165, 1.54) is 13.2 Å². The van der Waals surface area contributed by atoms with E-state index < -0.39 is 5.97 Å². The highest BCUT2D eigenvalue weighted by molar-refractivity contribution is 7.99. The summed E-state index contributed by atoms with van der Waals surface area (Å²) < 4.78 is 15.7. The molecule has 0 fully saturated rings. The molecule has 0 aromatic heterocycles. The molecule has 1 N–H and O–H groups in total. The molecule has 0 spiro atoms. The SMILES string of the molecule is CCOc1ccc(C(=O)OCC(=O)NCCSc2ccccc2)cc1OC. The number of benzene rings is 2. The molecule has 0 unspecified atom stereocenters. The van der Waals surface area contributed by atoms with E-state index in [0.29, 0.717) is 30.2 Å². The summed E-state index contributed by atoms with van der Waals surface area (Å²) in [6.45, 7) is 2.51. The second-order valence-corrected chi connectivity index (χ2v) is 6.55. The third kappa shape index (κ3) is 6.86. The zero-order valence-electron chi connectivity index (χ0n) is 15.4. The van der Waals surface area contributed by atoms with Crippen LogP contribution in [0, 0.1) is 0 Å². The molecule has 0 radical (unpaired) electrons. The Morgan fingerprint density at radius 1 is 1.07 bits per heavy atom. The van der Waals surface area contributed by atoms with Gasteiger partial charge in [-0.3, -0.25) is 4.79 Å². The Morgan fingerprint density at radius 2 is 1.85 bits per heavy atom. The number of methoxy groups -OCH3 is 1. The fourth-order valence-corrected chi connectivity index (χ4v) is 3.00. The molecule has 0 aliphatic carbocycles. The van der Waals surface area contributed by atoms with Gasteiger partial charge in [-0.1, -0.05) is 18.2 Å². The maximum Gasteiger partial charge on any atom is 0.338 e. The van der Waals surface area contributed by atoms with Crippen LogP contribution in [0.1, 0.15) is 17.3 Å². The third-order valence-electron chi connectivity index (χ3n) is 3.47. The van der Waals surface area contributed by atoms with Crippen LogP contribution in [0.4, 0.5) is 0 Å². The van der Waals surface area contributed by atoms with Crippen molar-refractivity contribution in [3.8, 4) is 11.5 Å². The second-order valence-electron chi connectivity index (χ2n) is 5.39. The molecule has 0 bridgehead atoms. The molecule has 144 valence electrons. The van der Waals surface area contributed by atoms with Crippen LogP contribution < -0.4 is 14.8 Å².